The van der Waals surface area contributed by atoms with Gasteiger partial charge in [0.2, 0.25) is 0 Å². The van der Waals surface area contributed by atoms with Gasteiger partial charge >= 0.3 is 5.97 Å². The molecular weight excluding hydrogens is 270 g/mol. The van der Waals surface area contributed by atoms with E-state index >= 15 is 0 Å². The van der Waals surface area contributed by atoms with Gasteiger partial charge in [-0.1, -0.05) is 33.6 Å². The second kappa shape index (κ2) is 6.01. The van der Waals surface area contributed by atoms with Crippen LogP contribution in [0, 0.1) is 6.92 Å². The minimum atomic E-state index is -0.223. The van der Waals surface area contributed by atoms with E-state index in [1.54, 1.807) is 0 Å². The summed E-state index contributed by atoms with van der Waals surface area (Å²) >= 11 is 3.46. The number of carbonyl (C=O) groups is 1. The minimum Gasteiger partial charge on any atom is -0.469 e. The third-order valence-corrected chi connectivity index (χ3v) is 3.16. The van der Waals surface area contributed by atoms with Crippen molar-refractivity contribution < 1.29 is 9.53 Å². The van der Waals surface area contributed by atoms with E-state index in [1.807, 2.05) is 25.1 Å². The molecule has 0 aliphatic rings. The number of benzene rings is 1. The molecule has 0 aromatic heterocycles. The second-order valence-corrected chi connectivity index (χ2v) is 4.60. The van der Waals surface area contributed by atoms with Gasteiger partial charge in [0.15, 0.2) is 0 Å². The molecule has 0 radical (unpaired) electrons. The average Bonchev–Trinajstić information content (AvgIpc) is 2.28. The molecule has 0 fully saturated rings. The second-order valence-electron chi connectivity index (χ2n) is 3.75. The van der Waals surface area contributed by atoms with Crippen LogP contribution in [0.15, 0.2) is 22.7 Å². The summed E-state index contributed by atoms with van der Waals surface area (Å²) in [5.74, 6) is -0.223. The molecule has 1 unspecified atom stereocenters. The fraction of sp³-hybridized carbons (Fsp3) is 0.417. The Morgan fingerprint density at radius 2 is 2.25 bits per heavy atom. The SMILES string of the molecule is COC(=O)CCC(N)c1cc(C)ccc1Br. The highest BCUT2D eigenvalue weighted by atomic mass is 79.9. The monoisotopic (exact) mass is 285 g/mol. The Balaban J connectivity index is 2.68. The van der Waals surface area contributed by atoms with E-state index in [0.717, 1.165) is 15.6 Å². The first kappa shape index (κ1) is 13.2. The average molecular weight is 286 g/mol. The molecule has 0 saturated carbocycles. The Morgan fingerprint density at radius 3 is 2.88 bits per heavy atom. The predicted molar refractivity (Wildman–Crippen MR) is 67.1 cm³/mol. The predicted octanol–water partition coefficient (Wildman–Crippen LogP) is 2.71. The Labute approximate surface area is 104 Å². The number of nitrogens with two attached hydrogens (primary N) is 1. The maximum absolute atomic E-state index is 11.0. The van der Waals surface area contributed by atoms with Crippen LogP contribution in [0.2, 0.25) is 0 Å². The number of methoxy groups -OCH3 is 1. The first-order valence-corrected chi connectivity index (χ1v) is 5.92. The van der Waals surface area contributed by atoms with Crippen molar-refractivity contribution in [2.24, 2.45) is 5.73 Å². The number of halogens is 1. The molecular formula is C12H16BrNO2. The van der Waals surface area contributed by atoms with Crippen LogP contribution in [0.5, 0.6) is 0 Å². The number of rotatable bonds is 4. The van der Waals surface area contributed by atoms with Crippen molar-refractivity contribution in [3.8, 4) is 0 Å². The van der Waals surface area contributed by atoms with E-state index in [1.165, 1.54) is 7.11 Å². The first-order valence-electron chi connectivity index (χ1n) is 5.13. The van der Waals surface area contributed by atoms with Crippen molar-refractivity contribution in [2.45, 2.75) is 25.8 Å². The Morgan fingerprint density at radius 1 is 1.56 bits per heavy atom. The maximum Gasteiger partial charge on any atom is 0.305 e. The first-order chi connectivity index (χ1) is 7.54. The highest BCUT2D eigenvalue weighted by molar-refractivity contribution is 9.10. The van der Waals surface area contributed by atoms with Gasteiger partial charge in [0.25, 0.3) is 0 Å². The fourth-order valence-electron chi connectivity index (χ4n) is 1.48. The normalized spacial score (nSPS) is 12.2. The van der Waals surface area contributed by atoms with Crippen LogP contribution in [-0.4, -0.2) is 13.1 Å². The van der Waals surface area contributed by atoms with Crippen LogP contribution in [0.4, 0.5) is 0 Å². The zero-order valence-electron chi connectivity index (χ0n) is 9.50. The molecule has 1 aromatic carbocycles. The number of ether oxygens (including phenoxy) is 1. The van der Waals surface area contributed by atoms with Gasteiger partial charge in [0.05, 0.1) is 7.11 Å². The highest BCUT2D eigenvalue weighted by Gasteiger charge is 2.12. The zero-order valence-corrected chi connectivity index (χ0v) is 11.1. The Kier molecular flexibility index (Phi) is 4.96. The molecule has 0 aliphatic carbocycles. The molecule has 1 atom stereocenters. The Bertz CT molecular complexity index is 379. The molecule has 3 nitrogen and oxygen atoms in total. The van der Waals surface area contributed by atoms with Gasteiger partial charge < -0.3 is 10.5 Å². The Hall–Kier alpha value is -0.870. The third kappa shape index (κ3) is 3.61. The molecule has 4 heteroatoms. The van der Waals surface area contributed by atoms with Crippen molar-refractivity contribution in [2.75, 3.05) is 7.11 Å². The lowest BCUT2D eigenvalue weighted by Gasteiger charge is -2.14. The van der Waals surface area contributed by atoms with E-state index < -0.39 is 0 Å². The highest BCUT2D eigenvalue weighted by Crippen LogP contribution is 2.25. The van der Waals surface area contributed by atoms with Crippen molar-refractivity contribution in [3.63, 3.8) is 0 Å². The van der Waals surface area contributed by atoms with E-state index in [0.29, 0.717) is 12.8 Å². The maximum atomic E-state index is 11.0. The van der Waals surface area contributed by atoms with E-state index in [4.69, 9.17) is 5.73 Å². The largest absolute Gasteiger partial charge is 0.469 e. The standard InChI is InChI=1S/C12H16BrNO2/c1-8-3-4-10(13)9(7-8)11(14)5-6-12(15)16-2/h3-4,7,11H,5-6,14H2,1-2H3. The summed E-state index contributed by atoms with van der Waals surface area (Å²) in [7, 11) is 1.39. The minimum absolute atomic E-state index is 0.145. The van der Waals surface area contributed by atoms with Crippen LogP contribution in [-0.2, 0) is 9.53 Å². The number of hydrogen-bond acceptors (Lipinski definition) is 3. The molecule has 16 heavy (non-hydrogen) atoms. The summed E-state index contributed by atoms with van der Waals surface area (Å²) in [5, 5.41) is 0. The van der Waals surface area contributed by atoms with E-state index in [2.05, 4.69) is 20.7 Å². The molecule has 0 spiro atoms. The van der Waals surface area contributed by atoms with Gasteiger partial charge in [-0.3, -0.25) is 4.79 Å². The van der Waals surface area contributed by atoms with Crippen LogP contribution in [0.3, 0.4) is 0 Å². The lowest BCUT2D eigenvalue weighted by molar-refractivity contribution is -0.140. The molecule has 0 amide bonds. The molecule has 0 heterocycles. The summed E-state index contributed by atoms with van der Waals surface area (Å²) < 4.78 is 5.57. The van der Waals surface area contributed by atoms with Crippen LogP contribution in [0.25, 0.3) is 0 Å². The molecule has 2 N–H and O–H groups in total. The van der Waals surface area contributed by atoms with Gasteiger partial charge in [-0.25, -0.2) is 0 Å². The third-order valence-electron chi connectivity index (χ3n) is 2.44. The summed E-state index contributed by atoms with van der Waals surface area (Å²) in [5.41, 5.74) is 8.22. The smallest absolute Gasteiger partial charge is 0.305 e. The molecule has 1 rings (SSSR count). The number of esters is 1. The summed E-state index contributed by atoms with van der Waals surface area (Å²) in [6.07, 6.45) is 0.937. The number of aryl methyl sites for hydroxylation is 1. The van der Waals surface area contributed by atoms with Gasteiger partial charge in [-0.05, 0) is 25.0 Å². The summed E-state index contributed by atoms with van der Waals surface area (Å²) in [6, 6.07) is 5.88. The zero-order chi connectivity index (χ0) is 12.1. The van der Waals surface area contributed by atoms with E-state index in [-0.39, 0.29) is 12.0 Å². The van der Waals surface area contributed by atoms with Crippen molar-refractivity contribution in [1.82, 2.24) is 0 Å². The molecule has 0 saturated heterocycles. The van der Waals surface area contributed by atoms with Crippen molar-refractivity contribution in [3.05, 3.63) is 33.8 Å². The topological polar surface area (TPSA) is 52.3 Å². The summed E-state index contributed by atoms with van der Waals surface area (Å²) in [4.78, 5) is 11.0. The van der Waals surface area contributed by atoms with Gasteiger partial charge in [-0.2, -0.15) is 0 Å². The van der Waals surface area contributed by atoms with Crippen LogP contribution >= 0.6 is 15.9 Å². The van der Waals surface area contributed by atoms with Gasteiger partial charge in [-0.15, -0.1) is 0 Å². The quantitative estimate of drug-likeness (QED) is 0.866. The molecule has 1 aromatic rings. The van der Waals surface area contributed by atoms with E-state index in [9.17, 15) is 4.79 Å². The van der Waals surface area contributed by atoms with Gasteiger partial charge in [0.1, 0.15) is 0 Å². The van der Waals surface area contributed by atoms with Crippen LogP contribution in [0.1, 0.15) is 30.0 Å². The molecule has 88 valence electrons. The molecule has 0 aliphatic heterocycles. The molecule has 0 bridgehead atoms. The number of carbonyl (C=O) groups excluding carboxylic acids is 1. The van der Waals surface area contributed by atoms with Crippen molar-refractivity contribution in [1.29, 1.82) is 0 Å². The van der Waals surface area contributed by atoms with Gasteiger partial charge in [0, 0.05) is 16.9 Å². The summed E-state index contributed by atoms with van der Waals surface area (Å²) in [6.45, 7) is 2.02. The van der Waals surface area contributed by atoms with Crippen molar-refractivity contribution >= 4 is 21.9 Å². The fourth-order valence-corrected chi connectivity index (χ4v) is 2.02. The van der Waals surface area contributed by atoms with Crippen LogP contribution < -0.4 is 5.73 Å². The lowest BCUT2D eigenvalue weighted by atomic mass is 10.0. The number of hydrogen-bond donors (Lipinski definition) is 1. The lowest BCUT2D eigenvalue weighted by Crippen LogP contribution is -2.13.